The van der Waals surface area contributed by atoms with Crippen LogP contribution in [0.15, 0.2) is 36.0 Å². The van der Waals surface area contributed by atoms with E-state index in [2.05, 4.69) is 4.90 Å². The van der Waals surface area contributed by atoms with Crippen LogP contribution in [0, 0.1) is 17.8 Å². The van der Waals surface area contributed by atoms with Crippen molar-refractivity contribution in [3.05, 3.63) is 36.0 Å². The number of hydrogen-bond acceptors (Lipinski definition) is 9. The Labute approximate surface area is 299 Å². The number of aldehydes is 2. The van der Waals surface area contributed by atoms with Gasteiger partial charge in [-0.2, -0.15) is 0 Å². The third-order valence-electron chi connectivity index (χ3n) is 10.6. The van der Waals surface area contributed by atoms with Gasteiger partial charge >= 0.3 is 12.2 Å². The molecule has 1 aliphatic carbocycles. The zero-order valence-electron chi connectivity index (χ0n) is 30.9. The minimum atomic E-state index is -1.53. The number of rotatable bonds is 17. The number of hydrogen-bond donors (Lipinski definition) is 2. The van der Waals surface area contributed by atoms with Gasteiger partial charge < -0.3 is 39.1 Å². The third kappa shape index (κ3) is 13.6. The van der Waals surface area contributed by atoms with E-state index >= 15 is 0 Å². The Bertz CT molecular complexity index is 1150. The maximum Gasteiger partial charge on any atom is 0.410 e. The molecule has 11 nitrogen and oxygen atoms in total. The number of carbonyl (C=O) groups is 4. The van der Waals surface area contributed by atoms with E-state index in [9.17, 15) is 29.4 Å². The molecule has 0 aromatic carbocycles. The molecule has 3 rings (SSSR count). The Balaban J connectivity index is 1.62. The topological polar surface area (TPSA) is 137 Å². The van der Waals surface area contributed by atoms with Crippen molar-refractivity contribution in [3.63, 3.8) is 0 Å². The minimum Gasteiger partial charge on any atom is -0.449 e. The zero-order chi connectivity index (χ0) is 36.5. The van der Waals surface area contributed by atoms with E-state index in [1.165, 1.54) is 38.5 Å². The van der Waals surface area contributed by atoms with Crippen molar-refractivity contribution in [3.8, 4) is 0 Å². The van der Waals surface area contributed by atoms with Crippen LogP contribution >= 0.6 is 0 Å². The fourth-order valence-corrected chi connectivity index (χ4v) is 7.08. The number of aliphatic hydroxyl groups is 2. The molecule has 2 heterocycles. The predicted octanol–water partition coefficient (Wildman–Crippen LogP) is 5.69. The van der Waals surface area contributed by atoms with Gasteiger partial charge in [-0.15, -0.1) is 0 Å². The van der Waals surface area contributed by atoms with Crippen LogP contribution in [0.5, 0.6) is 0 Å². The Morgan fingerprint density at radius 3 is 2.14 bits per heavy atom. The SMILES string of the molecule is C/C(=C\C=C\[C@@H](C)COC(=O)N1CCCC1)[C@@H](C=O)[C@@H](C)/C=C/[C@H](OC(=O)N1CCN(C2CCCCCC2)CC1)[C@@](C)(O)CC[C@H](O)CC=O. The van der Waals surface area contributed by atoms with Gasteiger partial charge in [0.2, 0.25) is 0 Å². The maximum atomic E-state index is 13.4. The van der Waals surface area contributed by atoms with E-state index in [4.69, 9.17) is 9.47 Å². The van der Waals surface area contributed by atoms with Crippen LogP contribution in [0.4, 0.5) is 9.59 Å². The van der Waals surface area contributed by atoms with Crippen molar-refractivity contribution in [2.45, 2.75) is 122 Å². The van der Waals surface area contributed by atoms with Gasteiger partial charge in [0.1, 0.15) is 18.2 Å². The summed E-state index contributed by atoms with van der Waals surface area (Å²) in [5.41, 5.74) is -0.699. The summed E-state index contributed by atoms with van der Waals surface area (Å²) in [4.78, 5) is 54.7. The first-order valence-electron chi connectivity index (χ1n) is 18.9. The van der Waals surface area contributed by atoms with Gasteiger partial charge in [0.15, 0.2) is 6.10 Å². The number of allylic oxidation sites excluding steroid dienone is 4. The molecule has 50 heavy (non-hydrogen) atoms. The van der Waals surface area contributed by atoms with Gasteiger partial charge in [0.25, 0.3) is 0 Å². The van der Waals surface area contributed by atoms with E-state index < -0.39 is 29.8 Å². The molecule has 3 fully saturated rings. The smallest absolute Gasteiger partial charge is 0.410 e. The third-order valence-corrected chi connectivity index (χ3v) is 10.6. The van der Waals surface area contributed by atoms with Crippen molar-refractivity contribution in [1.82, 2.24) is 14.7 Å². The lowest BCUT2D eigenvalue weighted by Crippen LogP contribution is -2.53. The van der Waals surface area contributed by atoms with Crippen LogP contribution in [0.2, 0.25) is 0 Å². The van der Waals surface area contributed by atoms with E-state index in [1.807, 2.05) is 39.0 Å². The molecule has 0 unspecified atom stereocenters. The van der Waals surface area contributed by atoms with Crippen LogP contribution in [0.3, 0.4) is 0 Å². The molecule has 2 saturated heterocycles. The number of likely N-dealkylation sites (tertiary alicyclic amines) is 1. The average molecular weight is 702 g/mol. The first-order valence-corrected chi connectivity index (χ1v) is 18.9. The molecule has 1 saturated carbocycles. The van der Waals surface area contributed by atoms with Gasteiger partial charge in [-0.05, 0) is 64.4 Å². The van der Waals surface area contributed by atoms with Crippen molar-refractivity contribution < 1.29 is 38.9 Å². The maximum absolute atomic E-state index is 13.4. The second-order valence-electron chi connectivity index (χ2n) is 14.9. The molecule has 6 atom stereocenters. The van der Waals surface area contributed by atoms with Gasteiger partial charge in [0, 0.05) is 63.6 Å². The van der Waals surface area contributed by atoms with E-state index in [0.717, 1.165) is 50.9 Å². The highest BCUT2D eigenvalue weighted by atomic mass is 16.6. The normalized spacial score (nSPS) is 22.8. The molecule has 0 radical (unpaired) electrons. The van der Waals surface area contributed by atoms with Crippen molar-refractivity contribution in [2.24, 2.45) is 17.8 Å². The summed E-state index contributed by atoms with van der Waals surface area (Å²) in [6.45, 7) is 11.7. The van der Waals surface area contributed by atoms with Crippen LogP contribution in [-0.4, -0.2) is 119 Å². The molecule has 2 amide bonds. The summed E-state index contributed by atoms with van der Waals surface area (Å²) >= 11 is 0. The number of carbonyl (C=O) groups excluding carboxylic acids is 4. The molecule has 0 aromatic rings. The Morgan fingerprint density at radius 1 is 0.880 bits per heavy atom. The molecule has 2 aliphatic heterocycles. The molecule has 0 spiro atoms. The fraction of sp³-hybridized carbons (Fsp3) is 0.744. The van der Waals surface area contributed by atoms with Crippen molar-refractivity contribution in [2.75, 3.05) is 45.9 Å². The average Bonchev–Trinajstić information content (AvgIpc) is 3.51. The number of ether oxygens (including phenoxy) is 2. The van der Waals surface area contributed by atoms with Crippen LogP contribution in [0.1, 0.15) is 98.3 Å². The number of piperazine rings is 1. The number of nitrogens with zero attached hydrogens (tertiary/aromatic N) is 3. The number of aliphatic hydroxyl groups excluding tert-OH is 1. The van der Waals surface area contributed by atoms with E-state index in [1.54, 1.807) is 28.9 Å². The van der Waals surface area contributed by atoms with Gasteiger partial charge in [0.05, 0.1) is 12.7 Å². The predicted molar refractivity (Wildman–Crippen MR) is 194 cm³/mol. The van der Waals surface area contributed by atoms with Gasteiger partial charge in [-0.1, -0.05) is 69.4 Å². The Hall–Kier alpha value is -3.02. The minimum absolute atomic E-state index is 0.000107. The van der Waals surface area contributed by atoms with E-state index in [0.29, 0.717) is 25.4 Å². The standard InChI is InChI=1S/C39H63N3O8/c1-30(29-49-37(46)41-21-9-10-22-41)12-11-13-31(2)35(28-44)32(3)16-17-36(39(4,48)20-18-34(45)19-27-43)50-38(47)42-25-23-40(24-26-42)33-14-7-5-6-8-15-33/h11-13,16-17,27-28,30,32-36,45,48H,5-10,14-15,18-26,29H2,1-4H3/b12-11+,17-16+,31-13+/t30-,32+,34+,35-,36+,39+/m1/s1. The molecule has 11 heteroatoms. The molecule has 282 valence electrons. The second-order valence-corrected chi connectivity index (χ2v) is 14.9. The molecule has 3 aliphatic rings. The van der Waals surface area contributed by atoms with Crippen LogP contribution in [0.25, 0.3) is 0 Å². The molecule has 2 N–H and O–H groups in total. The summed E-state index contributed by atoms with van der Waals surface area (Å²) < 4.78 is 11.4. The summed E-state index contributed by atoms with van der Waals surface area (Å²) in [6.07, 6.45) is 17.7. The molecule has 0 bridgehead atoms. The first kappa shape index (κ1) is 41.4. The quantitative estimate of drug-likeness (QED) is 0.0848. The second kappa shape index (κ2) is 21.4. The zero-order valence-corrected chi connectivity index (χ0v) is 30.9. The van der Waals surface area contributed by atoms with Gasteiger partial charge in [-0.3, -0.25) is 4.90 Å². The molecular weight excluding hydrogens is 638 g/mol. The summed E-state index contributed by atoms with van der Waals surface area (Å²) in [7, 11) is 0. The highest BCUT2D eigenvalue weighted by molar-refractivity contribution is 5.68. The Morgan fingerprint density at radius 2 is 1.52 bits per heavy atom. The fourth-order valence-electron chi connectivity index (χ4n) is 7.08. The first-order chi connectivity index (χ1) is 23.9. The lowest BCUT2D eigenvalue weighted by Gasteiger charge is -2.40. The lowest BCUT2D eigenvalue weighted by molar-refractivity contribution is -0.111. The summed E-state index contributed by atoms with van der Waals surface area (Å²) in [5.74, 6) is -0.746. The molecular formula is C39H63N3O8. The van der Waals surface area contributed by atoms with Crippen LogP contribution < -0.4 is 0 Å². The monoisotopic (exact) mass is 701 g/mol. The van der Waals surface area contributed by atoms with Crippen molar-refractivity contribution >= 4 is 24.8 Å². The Kier molecular flexibility index (Phi) is 17.7. The summed E-state index contributed by atoms with van der Waals surface area (Å²) in [6, 6.07) is 0.567. The lowest BCUT2D eigenvalue weighted by atomic mass is 9.86. The van der Waals surface area contributed by atoms with Gasteiger partial charge in [-0.25, -0.2) is 9.59 Å². The van der Waals surface area contributed by atoms with Crippen LogP contribution in [-0.2, 0) is 19.1 Å². The highest BCUT2D eigenvalue weighted by Gasteiger charge is 2.36. The highest BCUT2D eigenvalue weighted by Crippen LogP contribution is 2.27. The van der Waals surface area contributed by atoms with E-state index in [-0.39, 0.29) is 43.8 Å². The van der Waals surface area contributed by atoms with Crippen molar-refractivity contribution in [1.29, 1.82) is 0 Å². The summed E-state index contributed by atoms with van der Waals surface area (Å²) in [5, 5.41) is 21.7. The number of amides is 2. The largest absolute Gasteiger partial charge is 0.449 e. The molecule has 0 aromatic heterocycles.